The van der Waals surface area contributed by atoms with Crippen molar-refractivity contribution in [2.24, 2.45) is 0 Å². The topological polar surface area (TPSA) is 32.3 Å². The lowest BCUT2D eigenvalue weighted by molar-refractivity contribution is 0.0965. The van der Waals surface area contributed by atoms with Crippen LogP contribution in [0.3, 0.4) is 0 Å². The van der Waals surface area contributed by atoms with Gasteiger partial charge in [0, 0.05) is 41.4 Å². The SMILES string of the molecule is CCc1ccc(C(=O)NC2=CC=C3CCN(C)C(C)=C3C2)cc1Br. The molecule has 4 heteroatoms. The molecule has 1 amide bonds. The molecule has 0 atom stereocenters. The Labute approximate surface area is 152 Å². The van der Waals surface area contributed by atoms with E-state index in [9.17, 15) is 4.79 Å². The largest absolute Gasteiger partial charge is 0.378 e. The molecule has 126 valence electrons. The Bertz CT molecular complexity index is 774. The summed E-state index contributed by atoms with van der Waals surface area (Å²) in [4.78, 5) is 14.8. The standard InChI is InChI=1S/C20H23BrN2O/c1-4-14-5-6-16(11-19(14)21)20(24)22-17-8-7-15-9-10-23(3)13(2)18(15)12-17/h5-8,11H,4,9-10,12H2,1-3H3,(H,22,24). The molecule has 1 aliphatic heterocycles. The van der Waals surface area contributed by atoms with Gasteiger partial charge in [-0.25, -0.2) is 0 Å². The summed E-state index contributed by atoms with van der Waals surface area (Å²) < 4.78 is 0.991. The van der Waals surface area contributed by atoms with Crippen molar-refractivity contribution in [2.45, 2.75) is 33.1 Å². The van der Waals surface area contributed by atoms with Gasteiger partial charge in [0.05, 0.1) is 0 Å². The van der Waals surface area contributed by atoms with Gasteiger partial charge in [-0.15, -0.1) is 0 Å². The first-order valence-electron chi connectivity index (χ1n) is 8.40. The van der Waals surface area contributed by atoms with Crippen molar-refractivity contribution in [3.8, 4) is 0 Å². The smallest absolute Gasteiger partial charge is 0.255 e. The molecular weight excluding hydrogens is 364 g/mol. The molecule has 3 rings (SSSR count). The van der Waals surface area contributed by atoms with Crippen LogP contribution in [0, 0.1) is 0 Å². The number of allylic oxidation sites excluding steroid dienone is 4. The van der Waals surface area contributed by atoms with Gasteiger partial charge in [-0.1, -0.05) is 35.0 Å². The first-order chi connectivity index (χ1) is 11.5. The molecule has 1 aromatic carbocycles. The summed E-state index contributed by atoms with van der Waals surface area (Å²) in [5.74, 6) is -0.0520. The highest BCUT2D eigenvalue weighted by atomic mass is 79.9. The lowest BCUT2D eigenvalue weighted by Gasteiger charge is -2.32. The lowest BCUT2D eigenvalue weighted by Crippen LogP contribution is -2.29. The molecule has 0 bridgehead atoms. The number of fused-ring (bicyclic) bond motifs is 1. The number of carbonyl (C=O) groups excluding carboxylic acids is 1. The normalized spacial score (nSPS) is 17.2. The van der Waals surface area contributed by atoms with E-state index in [1.807, 2.05) is 24.3 Å². The Kier molecular flexibility index (Phi) is 4.95. The number of halogens is 1. The Balaban J connectivity index is 1.77. The molecule has 2 aliphatic rings. The van der Waals surface area contributed by atoms with E-state index in [0.717, 1.165) is 36.0 Å². The van der Waals surface area contributed by atoms with Gasteiger partial charge >= 0.3 is 0 Å². The Morgan fingerprint density at radius 2 is 2.12 bits per heavy atom. The summed E-state index contributed by atoms with van der Waals surface area (Å²) in [6.45, 7) is 5.33. The summed E-state index contributed by atoms with van der Waals surface area (Å²) in [5.41, 5.74) is 6.91. The average Bonchev–Trinajstić information content (AvgIpc) is 2.58. The van der Waals surface area contributed by atoms with Crippen LogP contribution in [0.4, 0.5) is 0 Å². The summed E-state index contributed by atoms with van der Waals surface area (Å²) >= 11 is 3.54. The summed E-state index contributed by atoms with van der Waals surface area (Å²) in [5, 5.41) is 3.07. The number of carbonyl (C=O) groups is 1. The van der Waals surface area contributed by atoms with Crippen LogP contribution in [0.2, 0.25) is 0 Å². The van der Waals surface area contributed by atoms with Crippen LogP contribution in [-0.4, -0.2) is 24.4 Å². The highest BCUT2D eigenvalue weighted by Crippen LogP contribution is 2.33. The van der Waals surface area contributed by atoms with Crippen molar-refractivity contribution in [1.82, 2.24) is 10.2 Å². The van der Waals surface area contributed by atoms with Gasteiger partial charge in [0.1, 0.15) is 0 Å². The number of benzene rings is 1. The predicted molar refractivity (Wildman–Crippen MR) is 102 cm³/mol. The van der Waals surface area contributed by atoms with Gasteiger partial charge in [0.2, 0.25) is 0 Å². The molecule has 0 fully saturated rings. The molecule has 24 heavy (non-hydrogen) atoms. The van der Waals surface area contributed by atoms with Crippen LogP contribution in [0.1, 0.15) is 42.6 Å². The van der Waals surface area contributed by atoms with Gasteiger partial charge in [-0.3, -0.25) is 4.79 Å². The van der Waals surface area contributed by atoms with E-state index in [1.54, 1.807) is 0 Å². The number of rotatable bonds is 3. The van der Waals surface area contributed by atoms with E-state index in [-0.39, 0.29) is 5.91 Å². The first kappa shape index (κ1) is 17.0. The molecule has 1 heterocycles. The van der Waals surface area contributed by atoms with E-state index >= 15 is 0 Å². The quantitative estimate of drug-likeness (QED) is 0.825. The van der Waals surface area contributed by atoms with E-state index in [0.29, 0.717) is 5.56 Å². The molecule has 0 saturated heterocycles. The van der Waals surface area contributed by atoms with Gasteiger partial charge in [-0.05, 0) is 54.7 Å². The first-order valence-corrected chi connectivity index (χ1v) is 9.19. The van der Waals surface area contributed by atoms with Crippen molar-refractivity contribution in [2.75, 3.05) is 13.6 Å². The van der Waals surface area contributed by atoms with Gasteiger partial charge in [0.15, 0.2) is 0 Å². The minimum absolute atomic E-state index is 0.0520. The molecule has 0 spiro atoms. The fourth-order valence-electron chi connectivity index (χ4n) is 3.22. The highest BCUT2D eigenvalue weighted by Gasteiger charge is 2.22. The predicted octanol–water partition coefficient (Wildman–Crippen LogP) is 4.56. The number of amides is 1. The third kappa shape index (κ3) is 3.34. The lowest BCUT2D eigenvalue weighted by atomic mass is 9.89. The van der Waals surface area contributed by atoms with Crippen LogP contribution >= 0.6 is 15.9 Å². The fraction of sp³-hybridized carbons (Fsp3) is 0.350. The molecule has 0 radical (unpaired) electrons. The molecular formula is C20H23BrN2O. The molecule has 0 aromatic heterocycles. The Morgan fingerprint density at radius 1 is 1.33 bits per heavy atom. The molecule has 1 aromatic rings. The van der Waals surface area contributed by atoms with Crippen molar-refractivity contribution >= 4 is 21.8 Å². The van der Waals surface area contributed by atoms with Crippen molar-refractivity contribution < 1.29 is 4.79 Å². The second kappa shape index (κ2) is 6.98. The van der Waals surface area contributed by atoms with Crippen molar-refractivity contribution in [3.05, 3.63) is 68.5 Å². The van der Waals surface area contributed by atoms with Gasteiger partial charge < -0.3 is 10.2 Å². The maximum Gasteiger partial charge on any atom is 0.255 e. The van der Waals surface area contributed by atoms with Crippen molar-refractivity contribution in [1.29, 1.82) is 0 Å². The van der Waals surface area contributed by atoms with E-state index < -0.39 is 0 Å². The van der Waals surface area contributed by atoms with Crippen LogP contribution < -0.4 is 5.32 Å². The summed E-state index contributed by atoms with van der Waals surface area (Å²) in [6, 6.07) is 5.80. The van der Waals surface area contributed by atoms with Crippen LogP contribution in [0.15, 0.2) is 57.4 Å². The van der Waals surface area contributed by atoms with Crippen molar-refractivity contribution in [3.63, 3.8) is 0 Å². The zero-order valence-corrected chi connectivity index (χ0v) is 16.0. The van der Waals surface area contributed by atoms with Gasteiger partial charge in [-0.2, -0.15) is 0 Å². The minimum Gasteiger partial charge on any atom is -0.378 e. The van der Waals surface area contributed by atoms with Crippen LogP contribution in [0.25, 0.3) is 0 Å². The maximum atomic E-state index is 12.6. The van der Waals surface area contributed by atoms with E-state index in [2.05, 4.69) is 53.1 Å². The molecule has 1 N–H and O–H groups in total. The minimum atomic E-state index is -0.0520. The number of aryl methyl sites for hydroxylation is 1. The van der Waals surface area contributed by atoms with Gasteiger partial charge in [0.25, 0.3) is 5.91 Å². The molecule has 3 nitrogen and oxygen atoms in total. The molecule has 1 aliphatic carbocycles. The second-order valence-corrected chi connectivity index (χ2v) is 7.26. The number of hydrogen-bond donors (Lipinski definition) is 1. The monoisotopic (exact) mass is 386 g/mol. The number of nitrogens with one attached hydrogen (secondary N) is 1. The summed E-state index contributed by atoms with van der Waals surface area (Å²) in [6.07, 6.45) is 7.02. The molecule has 0 saturated carbocycles. The zero-order chi connectivity index (χ0) is 17.3. The Morgan fingerprint density at radius 3 is 2.83 bits per heavy atom. The number of hydrogen-bond acceptors (Lipinski definition) is 2. The van der Waals surface area contributed by atoms with E-state index in [1.165, 1.54) is 22.4 Å². The third-order valence-electron chi connectivity index (χ3n) is 4.94. The maximum absolute atomic E-state index is 12.6. The number of nitrogens with zero attached hydrogens (tertiary/aromatic N) is 1. The zero-order valence-electron chi connectivity index (χ0n) is 14.4. The van der Waals surface area contributed by atoms with Crippen LogP contribution in [0.5, 0.6) is 0 Å². The highest BCUT2D eigenvalue weighted by molar-refractivity contribution is 9.10. The van der Waals surface area contributed by atoms with E-state index in [4.69, 9.17) is 0 Å². The Hall–Kier alpha value is -1.81. The summed E-state index contributed by atoms with van der Waals surface area (Å²) in [7, 11) is 2.13. The molecule has 0 unspecified atom stereocenters. The van der Waals surface area contributed by atoms with Crippen LogP contribution in [-0.2, 0) is 6.42 Å². The fourth-order valence-corrected chi connectivity index (χ4v) is 3.88. The average molecular weight is 387 g/mol. The second-order valence-electron chi connectivity index (χ2n) is 6.41. The third-order valence-corrected chi connectivity index (χ3v) is 5.67.